The molecule has 1 heterocycles. The lowest BCUT2D eigenvalue weighted by Gasteiger charge is -2.14. The van der Waals surface area contributed by atoms with Gasteiger partial charge in [0.15, 0.2) is 0 Å². The minimum atomic E-state index is 0.241. The molecule has 0 spiro atoms. The Balaban J connectivity index is 2.00. The van der Waals surface area contributed by atoms with Gasteiger partial charge < -0.3 is 15.2 Å². The first-order valence-corrected chi connectivity index (χ1v) is 6.26. The molecule has 0 saturated carbocycles. The molecule has 1 atom stereocenters. The molecular formula is C12H16BrNO2. The molecule has 16 heavy (non-hydrogen) atoms. The van der Waals surface area contributed by atoms with E-state index >= 15 is 0 Å². The molecule has 1 aliphatic heterocycles. The molecular weight excluding hydrogens is 270 g/mol. The maximum Gasteiger partial charge on any atom is 0.134 e. The average molecular weight is 286 g/mol. The topological polar surface area (TPSA) is 44.5 Å². The highest BCUT2D eigenvalue weighted by molar-refractivity contribution is 9.10. The Kier molecular flexibility index (Phi) is 3.71. The van der Waals surface area contributed by atoms with Crippen LogP contribution in [0.15, 0.2) is 16.6 Å². The van der Waals surface area contributed by atoms with E-state index in [4.69, 9.17) is 15.2 Å². The number of hydrogen-bond acceptors (Lipinski definition) is 3. The zero-order chi connectivity index (χ0) is 11.5. The summed E-state index contributed by atoms with van der Waals surface area (Å²) in [5.41, 5.74) is 7.60. The molecule has 0 amide bonds. The zero-order valence-corrected chi connectivity index (χ0v) is 10.9. The molecule has 1 aliphatic rings. The third kappa shape index (κ3) is 2.68. The molecule has 0 aromatic heterocycles. The van der Waals surface area contributed by atoms with E-state index in [-0.39, 0.29) is 6.10 Å². The molecule has 88 valence electrons. The van der Waals surface area contributed by atoms with E-state index in [2.05, 4.69) is 15.9 Å². The van der Waals surface area contributed by atoms with Gasteiger partial charge in [-0.1, -0.05) is 0 Å². The summed E-state index contributed by atoms with van der Waals surface area (Å²) in [6.45, 7) is 3.44. The van der Waals surface area contributed by atoms with Gasteiger partial charge >= 0.3 is 0 Å². The number of benzene rings is 1. The van der Waals surface area contributed by atoms with Gasteiger partial charge in [-0.25, -0.2) is 0 Å². The van der Waals surface area contributed by atoms with Crippen LogP contribution < -0.4 is 10.5 Å². The van der Waals surface area contributed by atoms with Gasteiger partial charge in [-0.3, -0.25) is 0 Å². The second-order valence-corrected chi connectivity index (χ2v) is 4.94. The van der Waals surface area contributed by atoms with Crippen LogP contribution >= 0.6 is 15.9 Å². The van der Waals surface area contributed by atoms with Gasteiger partial charge in [-0.2, -0.15) is 0 Å². The first-order chi connectivity index (χ1) is 7.66. The van der Waals surface area contributed by atoms with E-state index in [1.807, 2.05) is 19.1 Å². The Labute approximate surface area is 104 Å². The Morgan fingerprint density at radius 3 is 3.06 bits per heavy atom. The molecule has 0 radical (unpaired) electrons. The SMILES string of the molecule is Cc1cc(OCC2CCCO2)c(Br)cc1N. The predicted octanol–water partition coefficient (Wildman–Crippen LogP) is 2.90. The van der Waals surface area contributed by atoms with Crippen molar-refractivity contribution in [3.63, 3.8) is 0 Å². The lowest BCUT2D eigenvalue weighted by molar-refractivity contribution is 0.0677. The highest BCUT2D eigenvalue weighted by Crippen LogP contribution is 2.30. The highest BCUT2D eigenvalue weighted by Gasteiger charge is 2.16. The standard InChI is InChI=1S/C12H16BrNO2/c1-8-5-12(10(13)6-11(8)14)16-7-9-3-2-4-15-9/h5-6,9H,2-4,7,14H2,1H3. The summed E-state index contributed by atoms with van der Waals surface area (Å²) in [6.07, 6.45) is 2.46. The molecule has 0 bridgehead atoms. The van der Waals surface area contributed by atoms with Gasteiger partial charge in [0.2, 0.25) is 0 Å². The Hall–Kier alpha value is -0.740. The second kappa shape index (κ2) is 5.06. The molecule has 2 N–H and O–H groups in total. The molecule has 3 nitrogen and oxygen atoms in total. The van der Waals surface area contributed by atoms with E-state index in [1.165, 1.54) is 0 Å². The fourth-order valence-electron chi connectivity index (χ4n) is 1.74. The summed E-state index contributed by atoms with van der Waals surface area (Å²) in [5.74, 6) is 0.835. The third-order valence-electron chi connectivity index (χ3n) is 2.77. The van der Waals surface area contributed by atoms with Crippen molar-refractivity contribution in [2.45, 2.75) is 25.9 Å². The predicted molar refractivity (Wildman–Crippen MR) is 67.8 cm³/mol. The van der Waals surface area contributed by atoms with Crippen molar-refractivity contribution in [1.82, 2.24) is 0 Å². The maximum absolute atomic E-state index is 5.80. The molecule has 1 fully saturated rings. The van der Waals surface area contributed by atoms with Crippen molar-refractivity contribution in [3.05, 3.63) is 22.2 Å². The Morgan fingerprint density at radius 1 is 1.56 bits per heavy atom. The summed E-state index contributed by atoms with van der Waals surface area (Å²) >= 11 is 3.45. The lowest BCUT2D eigenvalue weighted by Crippen LogP contribution is -2.16. The van der Waals surface area contributed by atoms with Crippen LogP contribution in [0.2, 0.25) is 0 Å². The van der Waals surface area contributed by atoms with Gasteiger partial charge in [-0.05, 0) is 53.4 Å². The van der Waals surface area contributed by atoms with Gasteiger partial charge in [0.25, 0.3) is 0 Å². The van der Waals surface area contributed by atoms with Gasteiger partial charge in [0, 0.05) is 12.3 Å². The summed E-state index contributed by atoms with van der Waals surface area (Å²) < 4.78 is 12.1. The van der Waals surface area contributed by atoms with Crippen molar-refractivity contribution < 1.29 is 9.47 Å². The monoisotopic (exact) mass is 285 g/mol. The first kappa shape index (κ1) is 11.7. The fourth-order valence-corrected chi connectivity index (χ4v) is 2.22. The molecule has 1 unspecified atom stereocenters. The number of halogens is 1. The van der Waals surface area contributed by atoms with Gasteiger partial charge in [-0.15, -0.1) is 0 Å². The fraction of sp³-hybridized carbons (Fsp3) is 0.500. The summed E-state index contributed by atoms with van der Waals surface area (Å²) in [6, 6.07) is 3.83. The van der Waals surface area contributed by atoms with Crippen LogP contribution in [0.3, 0.4) is 0 Å². The maximum atomic E-state index is 5.80. The number of ether oxygens (including phenoxy) is 2. The number of rotatable bonds is 3. The van der Waals surface area contributed by atoms with E-state index < -0.39 is 0 Å². The molecule has 4 heteroatoms. The van der Waals surface area contributed by atoms with Crippen LogP contribution in [0.4, 0.5) is 5.69 Å². The number of nitrogens with two attached hydrogens (primary N) is 1. The molecule has 1 aromatic carbocycles. The van der Waals surface area contributed by atoms with Crippen LogP contribution in [0, 0.1) is 6.92 Å². The average Bonchev–Trinajstić information content (AvgIpc) is 2.74. The van der Waals surface area contributed by atoms with E-state index in [9.17, 15) is 0 Å². The minimum absolute atomic E-state index is 0.241. The van der Waals surface area contributed by atoms with Crippen LogP contribution in [0.25, 0.3) is 0 Å². The van der Waals surface area contributed by atoms with E-state index in [1.54, 1.807) is 0 Å². The second-order valence-electron chi connectivity index (χ2n) is 4.09. The zero-order valence-electron chi connectivity index (χ0n) is 9.33. The van der Waals surface area contributed by atoms with Crippen molar-refractivity contribution in [2.24, 2.45) is 0 Å². The smallest absolute Gasteiger partial charge is 0.134 e. The first-order valence-electron chi connectivity index (χ1n) is 5.47. The quantitative estimate of drug-likeness (QED) is 0.869. The minimum Gasteiger partial charge on any atom is -0.490 e. The number of anilines is 1. The van der Waals surface area contributed by atoms with Crippen LogP contribution in [-0.2, 0) is 4.74 Å². The molecule has 1 aromatic rings. The largest absolute Gasteiger partial charge is 0.490 e. The summed E-state index contributed by atoms with van der Waals surface area (Å²) in [4.78, 5) is 0. The highest BCUT2D eigenvalue weighted by atomic mass is 79.9. The molecule has 1 saturated heterocycles. The lowest BCUT2D eigenvalue weighted by atomic mass is 10.2. The summed E-state index contributed by atoms with van der Waals surface area (Å²) in [7, 11) is 0. The van der Waals surface area contributed by atoms with Crippen molar-refractivity contribution in [1.29, 1.82) is 0 Å². The summed E-state index contributed by atoms with van der Waals surface area (Å²) in [5, 5.41) is 0. The van der Waals surface area contributed by atoms with E-state index in [0.717, 1.165) is 40.9 Å². The normalized spacial score (nSPS) is 20.0. The van der Waals surface area contributed by atoms with Crippen molar-refractivity contribution in [2.75, 3.05) is 18.9 Å². The van der Waals surface area contributed by atoms with Crippen molar-refractivity contribution >= 4 is 21.6 Å². The third-order valence-corrected chi connectivity index (χ3v) is 3.39. The molecule has 2 rings (SSSR count). The van der Waals surface area contributed by atoms with Gasteiger partial charge in [0.1, 0.15) is 12.4 Å². The van der Waals surface area contributed by atoms with E-state index in [0.29, 0.717) is 6.61 Å². The van der Waals surface area contributed by atoms with Crippen molar-refractivity contribution in [3.8, 4) is 5.75 Å². The van der Waals surface area contributed by atoms with Crippen LogP contribution in [-0.4, -0.2) is 19.3 Å². The number of hydrogen-bond donors (Lipinski definition) is 1. The number of nitrogen functional groups attached to an aromatic ring is 1. The Morgan fingerprint density at radius 2 is 2.38 bits per heavy atom. The van der Waals surface area contributed by atoms with Crippen LogP contribution in [0.1, 0.15) is 18.4 Å². The Bertz CT molecular complexity index is 376. The van der Waals surface area contributed by atoms with Crippen LogP contribution in [0.5, 0.6) is 5.75 Å². The van der Waals surface area contributed by atoms with Gasteiger partial charge in [0.05, 0.1) is 10.6 Å². The number of aryl methyl sites for hydroxylation is 1. The molecule has 0 aliphatic carbocycles.